The van der Waals surface area contributed by atoms with Gasteiger partial charge in [0.25, 0.3) is 0 Å². The summed E-state index contributed by atoms with van der Waals surface area (Å²) in [5, 5.41) is 2.76. The Balaban J connectivity index is 0. The van der Waals surface area contributed by atoms with E-state index < -0.39 is 0 Å². The van der Waals surface area contributed by atoms with E-state index in [9.17, 15) is 4.79 Å². The van der Waals surface area contributed by atoms with Crippen LogP contribution < -0.4 is 10.2 Å². The second kappa shape index (κ2) is 17.7. The van der Waals surface area contributed by atoms with Crippen molar-refractivity contribution in [1.82, 2.24) is 0 Å². The second-order valence-electron chi connectivity index (χ2n) is 5.27. The Labute approximate surface area is 173 Å². The molecular weight excluding hydrogens is 344 g/mol. The molecule has 3 heteroatoms. The third-order valence-corrected chi connectivity index (χ3v) is 3.33. The molecule has 0 spiro atoms. The summed E-state index contributed by atoms with van der Waals surface area (Å²) in [5.41, 5.74) is 4.28. The maximum absolute atomic E-state index is 11.1. The number of hydrogen-bond donors (Lipinski definition) is 1. The molecule has 0 aliphatic rings. The molecule has 0 bridgehead atoms. The van der Waals surface area contributed by atoms with Gasteiger partial charge in [0.05, 0.1) is 6.54 Å². The summed E-state index contributed by atoms with van der Waals surface area (Å²) < 4.78 is 0. The van der Waals surface area contributed by atoms with Gasteiger partial charge in [-0.15, -0.1) is 6.42 Å². The summed E-state index contributed by atoms with van der Waals surface area (Å²) in [6, 6.07) is 16.1. The van der Waals surface area contributed by atoms with Crippen LogP contribution in [0.15, 0.2) is 48.5 Å². The summed E-state index contributed by atoms with van der Waals surface area (Å²) in [6.07, 6.45) is 5.49. The highest BCUT2D eigenvalue weighted by Crippen LogP contribution is 2.20. The van der Waals surface area contributed by atoms with E-state index in [0.29, 0.717) is 6.54 Å². The number of nitrogens with one attached hydrogen (secondary N) is 1. The van der Waals surface area contributed by atoms with E-state index in [1.807, 2.05) is 65.8 Å². The summed E-state index contributed by atoms with van der Waals surface area (Å²) in [5.74, 6) is 2.62. The van der Waals surface area contributed by atoms with Gasteiger partial charge in [-0.2, -0.15) is 0 Å². The fourth-order valence-corrected chi connectivity index (χ4v) is 2.22. The number of anilines is 2. The third-order valence-electron chi connectivity index (χ3n) is 3.33. The number of nitrogens with zero attached hydrogens (tertiary/aromatic N) is 1. The standard InChI is InChI=1S/C19H20N2O.3C2H6/c1-4-13-21(14-17-7-5-15(2)6-8-17)19-11-9-18(10-12-19)20-16(3)22;3*1-2/h1,5-12H,13-14H2,2-3H3,(H,20,22);3*1-2H3. The molecule has 154 valence electrons. The van der Waals surface area contributed by atoms with Gasteiger partial charge in [0.1, 0.15) is 0 Å². The molecule has 0 aromatic heterocycles. The molecule has 0 saturated heterocycles. The highest BCUT2D eigenvalue weighted by molar-refractivity contribution is 5.88. The summed E-state index contributed by atoms with van der Waals surface area (Å²) >= 11 is 0. The van der Waals surface area contributed by atoms with Gasteiger partial charge in [-0.1, -0.05) is 77.3 Å². The molecule has 2 rings (SSSR count). The van der Waals surface area contributed by atoms with Gasteiger partial charge in [0.15, 0.2) is 0 Å². The van der Waals surface area contributed by atoms with E-state index in [1.165, 1.54) is 18.1 Å². The lowest BCUT2D eigenvalue weighted by atomic mass is 10.1. The maximum Gasteiger partial charge on any atom is 0.221 e. The van der Waals surface area contributed by atoms with Crippen LogP contribution in [0, 0.1) is 19.3 Å². The Hall–Kier alpha value is -2.73. The van der Waals surface area contributed by atoms with Crippen molar-refractivity contribution in [3.63, 3.8) is 0 Å². The zero-order chi connectivity index (χ0) is 21.9. The number of hydrogen-bond acceptors (Lipinski definition) is 2. The number of benzene rings is 2. The highest BCUT2D eigenvalue weighted by atomic mass is 16.1. The van der Waals surface area contributed by atoms with Crippen molar-refractivity contribution >= 4 is 17.3 Å². The minimum Gasteiger partial charge on any atom is -0.356 e. The van der Waals surface area contributed by atoms with Gasteiger partial charge >= 0.3 is 0 Å². The summed E-state index contributed by atoms with van der Waals surface area (Å²) in [6.45, 7) is 16.9. The molecule has 0 saturated carbocycles. The molecule has 0 atom stereocenters. The molecule has 1 amide bonds. The third kappa shape index (κ3) is 11.1. The molecule has 28 heavy (non-hydrogen) atoms. The number of aryl methyl sites for hydroxylation is 1. The second-order valence-corrected chi connectivity index (χ2v) is 5.27. The van der Waals surface area contributed by atoms with Crippen molar-refractivity contribution in [3.8, 4) is 12.3 Å². The first-order chi connectivity index (χ1) is 13.6. The largest absolute Gasteiger partial charge is 0.356 e. The number of terminal acetylenes is 1. The monoisotopic (exact) mass is 382 g/mol. The van der Waals surface area contributed by atoms with Crippen LogP contribution in [-0.4, -0.2) is 12.5 Å². The first kappa shape index (κ1) is 27.5. The lowest BCUT2D eigenvalue weighted by Crippen LogP contribution is -2.22. The van der Waals surface area contributed by atoms with E-state index in [4.69, 9.17) is 6.42 Å². The van der Waals surface area contributed by atoms with Crippen LogP contribution in [0.2, 0.25) is 0 Å². The smallest absolute Gasteiger partial charge is 0.221 e. The van der Waals surface area contributed by atoms with Crippen LogP contribution in [0.5, 0.6) is 0 Å². The molecule has 0 radical (unpaired) electrons. The molecule has 2 aromatic carbocycles. The minimum atomic E-state index is -0.0760. The van der Waals surface area contributed by atoms with Crippen molar-refractivity contribution in [2.45, 2.75) is 61.9 Å². The van der Waals surface area contributed by atoms with Crippen molar-refractivity contribution < 1.29 is 4.79 Å². The van der Waals surface area contributed by atoms with Gasteiger partial charge in [-0.3, -0.25) is 4.79 Å². The summed E-state index contributed by atoms with van der Waals surface area (Å²) in [7, 11) is 0. The Bertz CT molecular complexity index is 667. The molecule has 0 unspecified atom stereocenters. The van der Waals surface area contributed by atoms with Gasteiger partial charge < -0.3 is 10.2 Å². The average Bonchev–Trinajstić information content (AvgIpc) is 2.74. The number of carbonyl (C=O) groups is 1. The van der Waals surface area contributed by atoms with Gasteiger partial charge in [0.2, 0.25) is 5.91 Å². The lowest BCUT2D eigenvalue weighted by Gasteiger charge is -2.23. The van der Waals surface area contributed by atoms with Gasteiger partial charge in [-0.25, -0.2) is 0 Å². The van der Waals surface area contributed by atoms with Crippen molar-refractivity contribution in [3.05, 3.63) is 59.7 Å². The molecule has 0 fully saturated rings. The summed E-state index contributed by atoms with van der Waals surface area (Å²) in [4.78, 5) is 13.2. The van der Waals surface area contributed by atoms with E-state index in [1.54, 1.807) is 0 Å². The molecular formula is C25H38N2O. The predicted molar refractivity (Wildman–Crippen MR) is 126 cm³/mol. The zero-order valence-electron chi connectivity index (χ0n) is 19.0. The predicted octanol–water partition coefficient (Wildman–Crippen LogP) is 6.67. The molecule has 0 aliphatic heterocycles. The Morgan fingerprint density at radius 3 is 1.86 bits per heavy atom. The zero-order valence-corrected chi connectivity index (χ0v) is 19.0. The van der Waals surface area contributed by atoms with Crippen LogP contribution in [0.1, 0.15) is 59.6 Å². The normalized spacial score (nSPS) is 8.39. The first-order valence-electron chi connectivity index (χ1n) is 10.2. The number of amides is 1. The fourth-order valence-electron chi connectivity index (χ4n) is 2.22. The molecule has 0 heterocycles. The highest BCUT2D eigenvalue weighted by Gasteiger charge is 2.07. The average molecular weight is 383 g/mol. The topological polar surface area (TPSA) is 32.3 Å². The van der Waals surface area contributed by atoms with Crippen molar-refractivity contribution in [1.29, 1.82) is 0 Å². The van der Waals surface area contributed by atoms with Crippen LogP contribution in [0.3, 0.4) is 0 Å². The molecule has 0 aliphatic carbocycles. The fraction of sp³-hybridized carbons (Fsp3) is 0.400. The maximum atomic E-state index is 11.1. The van der Waals surface area contributed by atoms with Gasteiger partial charge in [-0.05, 0) is 36.8 Å². The van der Waals surface area contributed by atoms with Crippen LogP contribution in [0.25, 0.3) is 0 Å². The Morgan fingerprint density at radius 2 is 1.43 bits per heavy atom. The number of rotatable bonds is 5. The molecule has 1 N–H and O–H groups in total. The Kier molecular flexibility index (Phi) is 17.3. The molecule has 2 aromatic rings. The van der Waals surface area contributed by atoms with E-state index in [-0.39, 0.29) is 5.91 Å². The lowest BCUT2D eigenvalue weighted by molar-refractivity contribution is -0.114. The minimum absolute atomic E-state index is 0.0760. The first-order valence-corrected chi connectivity index (χ1v) is 10.2. The van der Waals surface area contributed by atoms with Crippen molar-refractivity contribution in [2.75, 3.05) is 16.8 Å². The van der Waals surface area contributed by atoms with E-state index >= 15 is 0 Å². The van der Waals surface area contributed by atoms with E-state index in [2.05, 4.69) is 47.3 Å². The van der Waals surface area contributed by atoms with Crippen LogP contribution in [-0.2, 0) is 11.3 Å². The molecule has 3 nitrogen and oxygen atoms in total. The quantitative estimate of drug-likeness (QED) is 0.586. The van der Waals surface area contributed by atoms with Crippen molar-refractivity contribution in [2.24, 2.45) is 0 Å². The SMILES string of the molecule is C#CCN(Cc1ccc(C)cc1)c1ccc(NC(C)=O)cc1.CC.CC.CC. The Morgan fingerprint density at radius 1 is 0.929 bits per heavy atom. The van der Waals surface area contributed by atoms with Crippen LogP contribution in [0.4, 0.5) is 11.4 Å². The van der Waals surface area contributed by atoms with Crippen LogP contribution >= 0.6 is 0 Å². The van der Waals surface area contributed by atoms with Gasteiger partial charge in [0, 0.05) is 24.8 Å². The van der Waals surface area contributed by atoms with E-state index in [0.717, 1.165) is 17.9 Å². The number of carbonyl (C=O) groups excluding carboxylic acids is 1.